The maximum absolute atomic E-state index is 13.0. The molecule has 6 nitrogen and oxygen atoms in total. The molecule has 0 aromatic heterocycles. The molecule has 2 amide bonds. The second-order valence-corrected chi connectivity index (χ2v) is 8.80. The number of carbonyl (C=O) groups is 2. The predicted molar refractivity (Wildman–Crippen MR) is 123 cm³/mol. The van der Waals surface area contributed by atoms with Crippen LogP contribution in [0.15, 0.2) is 46.9 Å². The quantitative estimate of drug-likeness (QED) is 0.631. The molecule has 2 aromatic rings. The highest BCUT2D eigenvalue weighted by Crippen LogP contribution is 2.28. The zero-order valence-electron chi connectivity index (χ0n) is 17.4. The molecule has 1 N–H and O–H groups in total. The molecule has 2 saturated heterocycles. The van der Waals surface area contributed by atoms with Gasteiger partial charge in [0.2, 0.25) is 0 Å². The van der Waals surface area contributed by atoms with Crippen LogP contribution in [0.25, 0.3) is 0 Å². The summed E-state index contributed by atoms with van der Waals surface area (Å²) >= 11 is 3.49. The van der Waals surface area contributed by atoms with Gasteiger partial charge < -0.3 is 19.7 Å². The van der Waals surface area contributed by atoms with Crippen molar-refractivity contribution in [3.63, 3.8) is 0 Å². The largest absolute Gasteiger partial charge is 0.490 e. The van der Waals surface area contributed by atoms with Gasteiger partial charge in [-0.3, -0.25) is 9.59 Å². The van der Waals surface area contributed by atoms with Gasteiger partial charge in [0.05, 0.1) is 21.8 Å². The molecule has 0 saturated carbocycles. The molecule has 2 aromatic carbocycles. The van der Waals surface area contributed by atoms with Gasteiger partial charge in [0.1, 0.15) is 12.4 Å². The molecular formula is C24H27BrN2O4. The molecule has 0 aliphatic carbocycles. The first-order chi connectivity index (χ1) is 15.1. The molecule has 7 heteroatoms. The molecule has 4 rings (SSSR count). The SMILES string of the molecule is O=C(Nc1ccccc1C(=O)N1CCCCC1)c1ccc(OCC2CCCO2)c(Br)c1. The first-order valence-corrected chi connectivity index (χ1v) is 11.6. The van der Waals surface area contributed by atoms with Crippen LogP contribution in [0.2, 0.25) is 0 Å². The highest BCUT2D eigenvalue weighted by molar-refractivity contribution is 9.10. The van der Waals surface area contributed by atoms with Crippen molar-refractivity contribution in [1.82, 2.24) is 4.90 Å². The molecule has 164 valence electrons. The zero-order valence-corrected chi connectivity index (χ0v) is 19.0. The molecule has 2 fully saturated rings. The average molecular weight is 487 g/mol. The minimum atomic E-state index is -0.273. The third-order valence-corrected chi connectivity index (χ3v) is 6.31. The number of hydrogen-bond donors (Lipinski definition) is 1. The van der Waals surface area contributed by atoms with Crippen molar-refractivity contribution in [3.8, 4) is 5.75 Å². The van der Waals surface area contributed by atoms with E-state index in [-0.39, 0.29) is 17.9 Å². The Kier molecular flexibility index (Phi) is 7.25. The van der Waals surface area contributed by atoms with E-state index in [4.69, 9.17) is 9.47 Å². The zero-order chi connectivity index (χ0) is 21.6. The topological polar surface area (TPSA) is 67.9 Å². The van der Waals surface area contributed by atoms with Gasteiger partial charge in [-0.1, -0.05) is 12.1 Å². The Morgan fingerprint density at radius 1 is 1.10 bits per heavy atom. The summed E-state index contributed by atoms with van der Waals surface area (Å²) in [5.74, 6) is 0.368. The van der Waals surface area contributed by atoms with E-state index in [9.17, 15) is 9.59 Å². The number of hydrogen-bond acceptors (Lipinski definition) is 4. The van der Waals surface area contributed by atoms with Crippen LogP contribution < -0.4 is 10.1 Å². The van der Waals surface area contributed by atoms with Crippen molar-refractivity contribution in [1.29, 1.82) is 0 Å². The Labute approximate surface area is 191 Å². The number of nitrogens with zero attached hydrogens (tertiary/aromatic N) is 1. The fourth-order valence-corrected chi connectivity index (χ4v) is 4.45. The van der Waals surface area contributed by atoms with Crippen LogP contribution >= 0.6 is 15.9 Å². The molecule has 2 heterocycles. The fraction of sp³-hybridized carbons (Fsp3) is 0.417. The number of halogens is 1. The first kappa shape index (κ1) is 21.8. The third-order valence-electron chi connectivity index (χ3n) is 5.69. The van der Waals surface area contributed by atoms with Gasteiger partial charge >= 0.3 is 0 Å². The molecule has 1 atom stereocenters. The van der Waals surface area contributed by atoms with Crippen LogP contribution in [0, 0.1) is 0 Å². The number of nitrogens with one attached hydrogen (secondary N) is 1. The van der Waals surface area contributed by atoms with E-state index in [1.165, 1.54) is 0 Å². The van der Waals surface area contributed by atoms with Crippen LogP contribution in [0.4, 0.5) is 5.69 Å². The first-order valence-electron chi connectivity index (χ1n) is 10.9. The van der Waals surface area contributed by atoms with E-state index in [1.807, 2.05) is 17.0 Å². The number of anilines is 1. The van der Waals surface area contributed by atoms with Crippen LogP contribution in [-0.2, 0) is 4.74 Å². The summed E-state index contributed by atoms with van der Waals surface area (Å²) in [6, 6.07) is 12.4. The minimum absolute atomic E-state index is 0.0327. The maximum atomic E-state index is 13.0. The number of carbonyl (C=O) groups excluding carboxylic acids is 2. The third kappa shape index (κ3) is 5.46. The van der Waals surface area contributed by atoms with Crippen molar-refractivity contribution >= 4 is 33.4 Å². The number of rotatable bonds is 6. The average Bonchev–Trinajstić information content (AvgIpc) is 3.32. The lowest BCUT2D eigenvalue weighted by Crippen LogP contribution is -2.36. The van der Waals surface area contributed by atoms with E-state index >= 15 is 0 Å². The van der Waals surface area contributed by atoms with Crippen LogP contribution in [0.1, 0.15) is 52.8 Å². The summed E-state index contributed by atoms with van der Waals surface area (Å²) in [5.41, 5.74) is 1.53. The summed E-state index contributed by atoms with van der Waals surface area (Å²) in [4.78, 5) is 27.7. The second-order valence-electron chi connectivity index (χ2n) is 7.94. The van der Waals surface area contributed by atoms with E-state index in [2.05, 4.69) is 21.2 Å². The Bertz CT molecular complexity index is 937. The lowest BCUT2D eigenvalue weighted by Gasteiger charge is -2.27. The monoisotopic (exact) mass is 486 g/mol. The Hall–Kier alpha value is -2.38. The number of para-hydroxylation sites is 1. The number of piperidine rings is 1. The van der Waals surface area contributed by atoms with E-state index < -0.39 is 0 Å². The van der Waals surface area contributed by atoms with Crippen LogP contribution in [0.5, 0.6) is 5.75 Å². The van der Waals surface area contributed by atoms with Crippen LogP contribution in [0.3, 0.4) is 0 Å². The van der Waals surface area contributed by atoms with Crippen molar-refractivity contribution in [2.24, 2.45) is 0 Å². The maximum Gasteiger partial charge on any atom is 0.255 e. The highest BCUT2D eigenvalue weighted by atomic mass is 79.9. The van der Waals surface area contributed by atoms with Crippen LogP contribution in [-0.4, -0.2) is 49.1 Å². The normalized spacial score (nSPS) is 18.6. The molecule has 0 spiro atoms. The minimum Gasteiger partial charge on any atom is -0.490 e. The number of likely N-dealkylation sites (tertiary alicyclic amines) is 1. The van der Waals surface area contributed by atoms with Gasteiger partial charge in [0.15, 0.2) is 0 Å². The van der Waals surface area contributed by atoms with E-state index in [1.54, 1.807) is 30.3 Å². The predicted octanol–water partition coefficient (Wildman–Crippen LogP) is 4.89. The summed E-state index contributed by atoms with van der Waals surface area (Å²) in [7, 11) is 0. The molecule has 1 unspecified atom stereocenters. The molecule has 2 aliphatic heterocycles. The van der Waals surface area contributed by atoms with Gasteiger partial charge in [-0.15, -0.1) is 0 Å². The highest BCUT2D eigenvalue weighted by Gasteiger charge is 2.22. The van der Waals surface area contributed by atoms with Crippen molar-refractivity contribution < 1.29 is 19.1 Å². The lowest BCUT2D eigenvalue weighted by atomic mass is 10.1. The van der Waals surface area contributed by atoms with Crippen molar-refractivity contribution in [3.05, 3.63) is 58.1 Å². The molecule has 0 bridgehead atoms. The number of ether oxygens (including phenoxy) is 2. The van der Waals surface area contributed by atoms with E-state index in [0.29, 0.717) is 33.6 Å². The summed E-state index contributed by atoms with van der Waals surface area (Å²) < 4.78 is 12.1. The molecular weight excluding hydrogens is 460 g/mol. The van der Waals surface area contributed by atoms with Crippen molar-refractivity contribution in [2.75, 3.05) is 31.6 Å². The second kappa shape index (κ2) is 10.3. The molecule has 2 aliphatic rings. The standard InChI is InChI=1S/C24H27BrN2O4/c25-20-15-17(10-11-22(20)31-16-18-7-6-14-30-18)23(28)26-21-9-3-2-8-19(21)24(29)27-12-4-1-5-13-27/h2-3,8-11,15,18H,1,4-7,12-14,16H2,(H,26,28). The van der Waals surface area contributed by atoms with Gasteiger partial charge in [-0.25, -0.2) is 0 Å². The number of benzene rings is 2. The summed E-state index contributed by atoms with van der Waals surface area (Å²) in [6.45, 7) is 2.81. The molecule has 31 heavy (non-hydrogen) atoms. The van der Waals surface area contributed by atoms with Crippen molar-refractivity contribution in [2.45, 2.75) is 38.2 Å². The number of amides is 2. The summed E-state index contributed by atoms with van der Waals surface area (Å²) in [6.07, 6.45) is 5.41. The Morgan fingerprint density at radius 3 is 2.65 bits per heavy atom. The Balaban J connectivity index is 1.43. The van der Waals surface area contributed by atoms with Gasteiger partial charge in [0.25, 0.3) is 11.8 Å². The summed E-state index contributed by atoms with van der Waals surface area (Å²) in [5, 5.41) is 2.90. The molecule has 0 radical (unpaired) electrons. The van der Waals surface area contributed by atoms with E-state index in [0.717, 1.165) is 51.8 Å². The lowest BCUT2D eigenvalue weighted by molar-refractivity contribution is 0.0677. The Morgan fingerprint density at radius 2 is 1.90 bits per heavy atom. The fourth-order valence-electron chi connectivity index (χ4n) is 3.96. The van der Waals surface area contributed by atoms with Gasteiger partial charge in [0, 0.05) is 25.3 Å². The van der Waals surface area contributed by atoms with Gasteiger partial charge in [-0.05, 0) is 78.4 Å². The smallest absolute Gasteiger partial charge is 0.255 e. The van der Waals surface area contributed by atoms with Gasteiger partial charge in [-0.2, -0.15) is 0 Å².